The molecule has 2 fully saturated rings. The Morgan fingerprint density at radius 1 is 1.00 bits per heavy atom. The van der Waals surface area contributed by atoms with Gasteiger partial charge in [0.2, 0.25) is 0 Å². The van der Waals surface area contributed by atoms with Gasteiger partial charge in [0.05, 0.1) is 0 Å². The molecule has 2 heteroatoms. The van der Waals surface area contributed by atoms with Crippen molar-refractivity contribution >= 4 is 16.3 Å². The molecule has 5 rings (SSSR count). The monoisotopic (exact) mass is 332 g/mol. The summed E-state index contributed by atoms with van der Waals surface area (Å²) < 4.78 is 0. The first-order chi connectivity index (χ1) is 12.2. The molecule has 1 heterocycles. The van der Waals surface area contributed by atoms with E-state index in [-0.39, 0.29) is 0 Å². The summed E-state index contributed by atoms with van der Waals surface area (Å²) in [6.45, 7) is 6.19. The molecular weight excluding hydrogens is 304 g/mol. The van der Waals surface area contributed by atoms with E-state index in [2.05, 4.69) is 65.4 Å². The minimum absolute atomic E-state index is 0.446. The Hall–Kier alpha value is -1.64. The highest BCUT2D eigenvalue weighted by atomic mass is 15.2. The van der Waals surface area contributed by atoms with Gasteiger partial charge in [-0.05, 0) is 60.2 Å². The normalized spacial score (nSPS) is 30.1. The highest BCUT2D eigenvalue weighted by Crippen LogP contribution is 2.56. The Kier molecular flexibility index (Phi) is 3.72. The average molecular weight is 332 g/mol. The van der Waals surface area contributed by atoms with E-state index in [1.54, 1.807) is 5.57 Å². The summed E-state index contributed by atoms with van der Waals surface area (Å²) in [7, 11) is 2.24. The SMILES string of the molecule is CN1CCN(CC23C=C(c4ccc5ccccc5c4)C(CC2)C3)CC1. The Balaban J connectivity index is 1.41. The molecular formula is C23H28N2. The van der Waals surface area contributed by atoms with Crippen LogP contribution < -0.4 is 0 Å². The summed E-state index contributed by atoms with van der Waals surface area (Å²) in [5.41, 5.74) is 3.54. The van der Waals surface area contributed by atoms with Gasteiger partial charge in [0, 0.05) is 38.1 Å². The number of hydrogen-bond donors (Lipinski definition) is 0. The number of fused-ring (bicyclic) bond motifs is 3. The van der Waals surface area contributed by atoms with Gasteiger partial charge in [-0.25, -0.2) is 0 Å². The molecule has 0 N–H and O–H groups in total. The topological polar surface area (TPSA) is 6.48 Å². The number of piperazine rings is 1. The second-order valence-electron chi connectivity index (χ2n) is 8.54. The van der Waals surface area contributed by atoms with E-state index >= 15 is 0 Å². The Labute approximate surface area is 151 Å². The van der Waals surface area contributed by atoms with Crippen LogP contribution >= 0.6 is 0 Å². The highest BCUT2D eigenvalue weighted by molar-refractivity contribution is 5.87. The van der Waals surface area contributed by atoms with Gasteiger partial charge in [-0.2, -0.15) is 0 Å². The summed E-state index contributed by atoms with van der Waals surface area (Å²) in [4.78, 5) is 5.17. The summed E-state index contributed by atoms with van der Waals surface area (Å²) in [5, 5.41) is 2.72. The zero-order chi connectivity index (χ0) is 16.9. The number of benzene rings is 2. The second-order valence-corrected chi connectivity index (χ2v) is 8.54. The molecule has 2 bridgehead atoms. The van der Waals surface area contributed by atoms with E-state index in [0.717, 1.165) is 5.92 Å². The zero-order valence-electron chi connectivity index (χ0n) is 15.2. The zero-order valence-corrected chi connectivity index (χ0v) is 15.2. The van der Waals surface area contributed by atoms with Crippen LogP contribution in [0.5, 0.6) is 0 Å². The van der Waals surface area contributed by atoms with Crippen molar-refractivity contribution in [2.45, 2.75) is 19.3 Å². The molecule has 25 heavy (non-hydrogen) atoms. The molecule has 2 unspecified atom stereocenters. The van der Waals surface area contributed by atoms with Crippen molar-refractivity contribution in [3.8, 4) is 0 Å². The van der Waals surface area contributed by atoms with Gasteiger partial charge < -0.3 is 4.90 Å². The van der Waals surface area contributed by atoms with Crippen LogP contribution in [0.4, 0.5) is 0 Å². The van der Waals surface area contributed by atoms with E-state index in [9.17, 15) is 0 Å². The molecule has 1 aliphatic heterocycles. The van der Waals surface area contributed by atoms with Crippen molar-refractivity contribution in [3.63, 3.8) is 0 Å². The van der Waals surface area contributed by atoms with Gasteiger partial charge in [0.15, 0.2) is 0 Å². The van der Waals surface area contributed by atoms with Gasteiger partial charge >= 0.3 is 0 Å². The summed E-state index contributed by atoms with van der Waals surface area (Å²) in [6.07, 6.45) is 6.82. The fraction of sp³-hybridized carbons (Fsp3) is 0.478. The molecule has 2 aromatic carbocycles. The molecule has 0 amide bonds. The highest BCUT2D eigenvalue weighted by Gasteiger charge is 2.45. The van der Waals surface area contributed by atoms with Gasteiger partial charge in [-0.15, -0.1) is 0 Å². The van der Waals surface area contributed by atoms with Crippen molar-refractivity contribution in [1.82, 2.24) is 9.80 Å². The third-order valence-corrected chi connectivity index (χ3v) is 6.76. The van der Waals surface area contributed by atoms with Crippen molar-refractivity contribution in [3.05, 3.63) is 54.1 Å². The molecule has 1 saturated carbocycles. The molecule has 130 valence electrons. The smallest absolute Gasteiger partial charge is 0.0110 e. The third-order valence-electron chi connectivity index (χ3n) is 6.76. The van der Waals surface area contributed by atoms with Crippen LogP contribution in [0.25, 0.3) is 16.3 Å². The van der Waals surface area contributed by atoms with Crippen LogP contribution in [0.3, 0.4) is 0 Å². The van der Waals surface area contributed by atoms with Crippen LogP contribution in [0, 0.1) is 11.3 Å². The lowest BCUT2D eigenvalue weighted by Crippen LogP contribution is -2.47. The van der Waals surface area contributed by atoms with Crippen LogP contribution in [0.2, 0.25) is 0 Å². The molecule has 2 nitrogen and oxygen atoms in total. The standard InChI is InChI=1S/C23H28N2/c1-24-10-12-25(13-11-24)17-23-9-8-21(15-23)22(16-23)20-7-6-18-4-2-3-5-19(18)14-20/h2-7,14,16,21H,8-13,15,17H2,1H3. The van der Waals surface area contributed by atoms with Crippen molar-refractivity contribution in [1.29, 1.82) is 0 Å². The van der Waals surface area contributed by atoms with Crippen LogP contribution in [-0.4, -0.2) is 49.6 Å². The number of nitrogens with zero attached hydrogens (tertiary/aromatic N) is 2. The lowest BCUT2D eigenvalue weighted by Gasteiger charge is -2.37. The van der Waals surface area contributed by atoms with Gasteiger partial charge in [-0.1, -0.05) is 42.5 Å². The summed E-state index contributed by atoms with van der Waals surface area (Å²) in [6, 6.07) is 15.8. The molecule has 3 aliphatic rings. The maximum atomic E-state index is 2.71. The number of hydrogen-bond acceptors (Lipinski definition) is 2. The molecule has 0 radical (unpaired) electrons. The molecule has 1 saturated heterocycles. The number of likely N-dealkylation sites (N-methyl/N-ethyl adjacent to an activating group) is 1. The minimum Gasteiger partial charge on any atom is -0.304 e. The maximum Gasteiger partial charge on any atom is 0.0110 e. The van der Waals surface area contributed by atoms with Gasteiger partial charge in [-0.3, -0.25) is 4.90 Å². The first-order valence-electron chi connectivity index (χ1n) is 9.84. The predicted octanol–water partition coefficient (Wildman–Crippen LogP) is 4.27. The fourth-order valence-corrected chi connectivity index (χ4v) is 5.33. The van der Waals surface area contributed by atoms with Crippen LogP contribution in [0.1, 0.15) is 24.8 Å². The average Bonchev–Trinajstić information content (AvgIpc) is 3.21. The van der Waals surface area contributed by atoms with Gasteiger partial charge in [0.25, 0.3) is 0 Å². The van der Waals surface area contributed by atoms with Gasteiger partial charge in [0.1, 0.15) is 0 Å². The summed E-state index contributed by atoms with van der Waals surface area (Å²) in [5.74, 6) is 0.786. The minimum atomic E-state index is 0.446. The lowest BCUT2D eigenvalue weighted by atomic mass is 9.84. The Bertz CT molecular complexity index is 816. The Morgan fingerprint density at radius 3 is 2.64 bits per heavy atom. The molecule has 2 atom stereocenters. The third kappa shape index (κ3) is 2.82. The largest absolute Gasteiger partial charge is 0.304 e. The Morgan fingerprint density at radius 2 is 1.80 bits per heavy atom. The first kappa shape index (κ1) is 15.6. The van der Waals surface area contributed by atoms with E-state index < -0.39 is 0 Å². The number of allylic oxidation sites excluding steroid dienone is 1. The number of rotatable bonds is 3. The van der Waals surface area contributed by atoms with Crippen molar-refractivity contribution in [2.75, 3.05) is 39.8 Å². The second kappa shape index (κ2) is 5.96. The van der Waals surface area contributed by atoms with Crippen molar-refractivity contribution < 1.29 is 0 Å². The molecule has 0 spiro atoms. The maximum absolute atomic E-state index is 2.71. The fourth-order valence-electron chi connectivity index (χ4n) is 5.33. The molecule has 0 aromatic heterocycles. The van der Waals surface area contributed by atoms with E-state index in [1.807, 2.05) is 0 Å². The van der Waals surface area contributed by atoms with Crippen molar-refractivity contribution in [2.24, 2.45) is 11.3 Å². The van der Waals surface area contributed by atoms with Crippen LogP contribution in [0.15, 0.2) is 48.5 Å². The molecule has 2 aliphatic carbocycles. The summed E-state index contributed by atoms with van der Waals surface area (Å²) >= 11 is 0. The van der Waals surface area contributed by atoms with E-state index in [1.165, 1.54) is 68.3 Å². The van der Waals surface area contributed by atoms with E-state index in [0.29, 0.717) is 5.41 Å². The predicted molar refractivity (Wildman–Crippen MR) is 106 cm³/mol. The lowest BCUT2D eigenvalue weighted by molar-refractivity contribution is 0.118. The van der Waals surface area contributed by atoms with Crippen LogP contribution in [-0.2, 0) is 0 Å². The molecule has 2 aromatic rings. The quantitative estimate of drug-likeness (QED) is 0.828. The van der Waals surface area contributed by atoms with E-state index in [4.69, 9.17) is 0 Å². The first-order valence-corrected chi connectivity index (χ1v) is 9.84.